The van der Waals surface area contributed by atoms with Crippen molar-refractivity contribution in [3.63, 3.8) is 0 Å². The van der Waals surface area contributed by atoms with Crippen LogP contribution in [0.4, 0.5) is 14.5 Å². The molecule has 2 aromatic carbocycles. The van der Waals surface area contributed by atoms with Crippen molar-refractivity contribution < 1.29 is 18.4 Å². The average molecular weight is 478 g/mol. The Morgan fingerprint density at radius 1 is 1.06 bits per heavy atom. The SMILES string of the molecule is CN1CCN(C(=O)c2cc(-c3ccnn3-c3ccc(F)cc3F)cc3c2NC(=O)C32CCC2)CC1. The zero-order valence-corrected chi connectivity index (χ0v) is 19.4. The van der Waals surface area contributed by atoms with E-state index < -0.39 is 17.0 Å². The first-order chi connectivity index (χ1) is 16.9. The first-order valence-electron chi connectivity index (χ1n) is 11.8. The Labute approximate surface area is 201 Å². The van der Waals surface area contributed by atoms with Gasteiger partial charge in [0.05, 0.1) is 28.6 Å². The van der Waals surface area contributed by atoms with E-state index in [2.05, 4.69) is 15.3 Å². The lowest BCUT2D eigenvalue weighted by atomic mass is 9.65. The number of rotatable bonds is 3. The van der Waals surface area contributed by atoms with Gasteiger partial charge in [0.25, 0.3) is 5.91 Å². The molecule has 9 heteroatoms. The molecule has 1 saturated heterocycles. The van der Waals surface area contributed by atoms with Gasteiger partial charge >= 0.3 is 0 Å². The first kappa shape index (κ1) is 21.9. The molecular formula is C26H25F2N5O2. The number of fused-ring (bicyclic) bond motifs is 2. The summed E-state index contributed by atoms with van der Waals surface area (Å²) in [6, 6.07) is 8.74. The Hall–Kier alpha value is -3.59. The van der Waals surface area contributed by atoms with E-state index in [0.717, 1.165) is 44.0 Å². The predicted molar refractivity (Wildman–Crippen MR) is 126 cm³/mol. The number of halogens is 2. The second kappa shape index (κ2) is 7.98. The van der Waals surface area contributed by atoms with E-state index in [1.165, 1.54) is 23.0 Å². The van der Waals surface area contributed by atoms with Crippen molar-refractivity contribution in [2.45, 2.75) is 24.7 Å². The monoisotopic (exact) mass is 477 g/mol. The topological polar surface area (TPSA) is 70.5 Å². The fraction of sp³-hybridized carbons (Fsp3) is 0.346. The number of hydrogen-bond acceptors (Lipinski definition) is 4. The van der Waals surface area contributed by atoms with Gasteiger partial charge in [-0.2, -0.15) is 5.10 Å². The van der Waals surface area contributed by atoms with Crippen molar-refractivity contribution >= 4 is 17.5 Å². The number of nitrogens with zero attached hydrogens (tertiary/aromatic N) is 4. The zero-order valence-electron chi connectivity index (χ0n) is 19.4. The Morgan fingerprint density at radius 2 is 1.83 bits per heavy atom. The van der Waals surface area contributed by atoms with Crippen LogP contribution in [0.15, 0.2) is 42.6 Å². The van der Waals surface area contributed by atoms with Gasteiger partial charge in [-0.15, -0.1) is 0 Å². The number of nitrogens with one attached hydrogen (secondary N) is 1. The van der Waals surface area contributed by atoms with E-state index in [1.807, 2.05) is 18.0 Å². The van der Waals surface area contributed by atoms with E-state index in [9.17, 15) is 18.4 Å². The fourth-order valence-electron chi connectivity index (χ4n) is 5.40. The van der Waals surface area contributed by atoms with Gasteiger partial charge in [-0.25, -0.2) is 13.5 Å². The highest BCUT2D eigenvalue weighted by Gasteiger charge is 2.52. The number of aromatic nitrogens is 2. The maximum atomic E-state index is 14.6. The van der Waals surface area contributed by atoms with Gasteiger partial charge in [0.1, 0.15) is 11.5 Å². The molecule has 3 aromatic rings. The van der Waals surface area contributed by atoms with Crippen molar-refractivity contribution in [3.05, 3.63) is 65.4 Å². The summed E-state index contributed by atoms with van der Waals surface area (Å²) in [4.78, 5) is 30.7. The molecule has 2 fully saturated rings. The van der Waals surface area contributed by atoms with Crippen LogP contribution in [-0.4, -0.2) is 64.6 Å². The number of piperazine rings is 1. The second-order valence-corrected chi connectivity index (χ2v) is 9.66. The van der Waals surface area contributed by atoms with Gasteiger partial charge in [-0.05, 0) is 55.8 Å². The highest BCUT2D eigenvalue weighted by molar-refractivity contribution is 6.13. The highest BCUT2D eigenvalue weighted by Crippen LogP contribution is 2.53. The van der Waals surface area contributed by atoms with Crippen LogP contribution in [0.25, 0.3) is 16.9 Å². The normalized spacial score (nSPS) is 18.9. The Morgan fingerprint density at radius 3 is 2.51 bits per heavy atom. The molecule has 7 nitrogen and oxygen atoms in total. The van der Waals surface area contributed by atoms with Crippen LogP contribution in [0.3, 0.4) is 0 Å². The van der Waals surface area contributed by atoms with E-state index in [4.69, 9.17) is 0 Å². The standard InChI is InChI=1S/C26H25F2N5O2/c1-31-9-11-32(12-10-31)24(34)18-13-16(14-19-23(18)30-25(35)26(19)6-2-7-26)21-5-8-29-33(21)22-4-3-17(27)15-20(22)28/h3-5,8,13-15H,2,6-7,9-12H2,1H3,(H,30,35). The summed E-state index contributed by atoms with van der Waals surface area (Å²) in [5, 5.41) is 7.28. The molecule has 3 heterocycles. The van der Waals surface area contributed by atoms with Gasteiger partial charge < -0.3 is 15.1 Å². The van der Waals surface area contributed by atoms with E-state index in [1.54, 1.807) is 12.1 Å². The van der Waals surface area contributed by atoms with Crippen LogP contribution in [0.5, 0.6) is 0 Å². The molecular weight excluding hydrogens is 452 g/mol. The average Bonchev–Trinajstić information content (AvgIpc) is 3.40. The molecule has 0 radical (unpaired) electrons. The number of anilines is 1. The highest BCUT2D eigenvalue weighted by atomic mass is 19.1. The molecule has 1 aromatic heterocycles. The largest absolute Gasteiger partial charge is 0.336 e. The summed E-state index contributed by atoms with van der Waals surface area (Å²) in [5.74, 6) is -1.61. The summed E-state index contributed by atoms with van der Waals surface area (Å²) < 4.78 is 29.5. The third-order valence-electron chi connectivity index (χ3n) is 7.63. The summed E-state index contributed by atoms with van der Waals surface area (Å²) in [7, 11) is 2.02. The number of hydrogen-bond donors (Lipinski definition) is 1. The van der Waals surface area contributed by atoms with Crippen LogP contribution >= 0.6 is 0 Å². The van der Waals surface area contributed by atoms with Crippen molar-refractivity contribution in [3.8, 4) is 16.9 Å². The minimum Gasteiger partial charge on any atom is -0.336 e. The van der Waals surface area contributed by atoms with Gasteiger partial charge in [-0.3, -0.25) is 9.59 Å². The van der Waals surface area contributed by atoms with Gasteiger partial charge in [0.15, 0.2) is 5.82 Å². The maximum absolute atomic E-state index is 14.6. The number of amides is 2. The third kappa shape index (κ3) is 3.36. The van der Waals surface area contributed by atoms with E-state index in [-0.39, 0.29) is 17.5 Å². The number of carbonyl (C=O) groups is 2. The first-order valence-corrected chi connectivity index (χ1v) is 11.8. The molecule has 1 spiro atoms. The lowest BCUT2D eigenvalue weighted by Crippen LogP contribution is -2.47. The molecule has 1 N–H and O–H groups in total. The number of benzene rings is 2. The molecule has 35 heavy (non-hydrogen) atoms. The Kier molecular flexibility index (Phi) is 5.00. The van der Waals surface area contributed by atoms with Crippen LogP contribution in [-0.2, 0) is 10.2 Å². The molecule has 0 bridgehead atoms. The van der Waals surface area contributed by atoms with Gasteiger partial charge in [0, 0.05) is 37.8 Å². The molecule has 1 saturated carbocycles. The van der Waals surface area contributed by atoms with Crippen molar-refractivity contribution in [1.82, 2.24) is 19.6 Å². The van der Waals surface area contributed by atoms with Crippen molar-refractivity contribution in [1.29, 1.82) is 0 Å². The summed E-state index contributed by atoms with van der Waals surface area (Å²) in [5.41, 5.74) is 2.52. The van der Waals surface area contributed by atoms with Crippen molar-refractivity contribution in [2.75, 3.05) is 38.5 Å². The number of likely N-dealkylation sites (N-methyl/N-ethyl adjacent to an activating group) is 1. The second-order valence-electron chi connectivity index (χ2n) is 9.66. The molecule has 0 atom stereocenters. The van der Waals surface area contributed by atoms with Crippen LogP contribution in [0.1, 0.15) is 35.2 Å². The molecule has 6 rings (SSSR count). The predicted octanol–water partition coefficient (Wildman–Crippen LogP) is 3.58. The summed E-state index contributed by atoms with van der Waals surface area (Å²) in [6.45, 7) is 2.76. The Balaban J connectivity index is 1.50. The quantitative estimate of drug-likeness (QED) is 0.626. The summed E-state index contributed by atoms with van der Waals surface area (Å²) >= 11 is 0. The maximum Gasteiger partial charge on any atom is 0.256 e. The molecule has 1 aliphatic carbocycles. The third-order valence-corrected chi connectivity index (χ3v) is 7.63. The summed E-state index contributed by atoms with van der Waals surface area (Å²) in [6.07, 6.45) is 3.93. The van der Waals surface area contributed by atoms with Gasteiger partial charge in [-0.1, -0.05) is 6.42 Å². The van der Waals surface area contributed by atoms with E-state index in [0.29, 0.717) is 35.6 Å². The smallest absolute Gasteiger partial charge is 0.256 e. The zero-order chi connectivity index (χ0) is 24.3. The fourth-order valence-corrected chi connectivity index (χ4v) is 5.40. The molecule has 0 unspecified atom stereocenters. The molecule has 3 aliphatic rings. The minimum atomic E-state index is -0.739. The Bertz CT molecular complexity index is 1360. The molecule has 2 aliphatic heterocycles. The van der Waals surface area contributed by atoms with Crippen molar-refractivity contribution in [2.24, 2.45) is 0 Å². The van der Waals surface area contributed by atoms with E-state index >= 15 is 0 Å². The van der Waals surface area contributed by atoms with Crippen LogP contribution in [0.2, 0.25) is 0 Å². The molecule has 180 valence electrons. The molecule has 2 amide bonds. The lowest BCUT2D eigenvalue weighted by Gasteiger charge is -2.36. The van der Waals surface area contributed by atoms with Crippen LogP contribution < -0.4 is 5.32 Å². The lowest BCUT2D eigenvalue weighted by molar-refractivity contribution is -0.123. The van der Waals surface area contributed by atoms with Crippen LogP contribution in [0, 0.1) is 11.6 Å². The minimum absolute atomic E-state index is 0.0681. The van der Waals surface area contributed by atoms with Gasteiger partial charge in [0.2, 0.25) is 5.91 Å². The number of carbonyl (C=O) groups excluding carboxylic acids is 2.